The zero-order valence-corrected chi connectivity index (χ0v) is 19.4. The van der Waals surface area contributed by atoms with Crippen molar-refractivity contribution in [3.05, 3.63) is 81.7 Å². The van der Waals surface area contributed by atoms with Crippen LogP contribution in [0.4, 0.5) is 5.82 Å². The molecule has 1 aliphatic rings. The lowest BCUT2D eigenvalue weighted by molar-refractivity contribution is 0.710. The van der Waals surface area contributed by atoms with Crippen LogP contribution in [-0.4, -0.2) is 26.1 Å². The average Bonchev–Trinajstić information content (AvgIpc) is 3.43. The topological polar surface area (TPSA) is 49.2 Å². The predicted molar refractivity (Wildman–Crippen MR) is 136 cm³/mol. The lowest BCUT2D eigenvalue weighted by atomic mass is 9.97. The number of benzene rings is 2. The Morgan fingerprint density at radius 3 is 2.73 bits per heavy atom. The van der Waals surface area contributed by atoms with E-state index in [1.54, 1.807) is 12.3 Å². The molecule has 0 bridgehead atoms. The normalized spacial score (nSPS) is 14.1. The van der Waals surface area contributed by atoms with Crippen LogP contribution in [0, 0.1) is 6.92 Å². The second kappa shape index (κ2) is 6.86. The first-order valence-corrected chi connectivity index (χ1v) is 11.7. The van der Waals surface area contributed by atoms with Gasteiger partial charge in [-0.25, -0.2) is 4.98 Å². The summed E-state index contributed by atoms with van der Waals surface area (Å²) < 4.78 is 2.28. The summed E-state index contributed by atoms with van der Waals surface area (Å²) in [6.07, 6.45) is 4.44. The fourth-order valence-corrected chi connectivity index (χ4v) is 5.93. The number of anilines is 1. The molecule has 2 aromatic carbocycles. The van der Waals surface area contributed by atoms with Crippen LogP contribution in [0.2, 0.25) is 10.0 Å². The molecule has 0 unspecified atom stereocenters. The maximum atomic E-state index is 6.52. The minimum absolute atomic E-state index is 0.546. The van der Waals surface area contributed by atoms with Crippen molar-refractivity contribution in [3.8, 4) is 0 Å². The lowest BCUT2D eigenvalue weighted by Gasteiger charge is -2.28. The minimum atomic E-state index is 0.546. The Labute approximate surface area is 199 Å². The maximum absolute atomic E-state index is 6.52. The van der Waals surface area contributed by atoms with Gasteiger partial charge in [-0.1, -0.05) is 41.4 Å². The lowest BCUT2D eigenvalue weighted by Crippen LogP contribution is -2.31. The van der Waals surface area contributed by atoms with E-state index < -0.39 is 0 Å². The van der Waals surface area contributed by atoms with Gasteiger partial charge in [-0.15, -0.1) is 0 Å². The van der Waals surface area contributed by atoms with Crippen molar-refractivity contribution in [3.63, 3.8) is 0 Å². The number of aromatic amines is 1. The molecule has 1 aliphatic heterocycles. The molecule has 33 heavy (non-hydrogen) atoms. The number of hydrogen-bond acceptors (Lipinski definition) is 3. The molecular formula is C26H19Cl2N5. The first-order chi connectivity index (χ1) is 16.1. The van der Waals surface area contributed by atoms with E-state index in [2.05, 4.69) is 67.8 Å². The summed E-state index contributed by atoms with van der Waals surface area (Å²) in [6.45, 7) is 3.73. The second-order valence-corrected chi connectivity index (χ2v) is 9.56. The number of aryl methyl sites for hydroxylation is 1. The minimum Gasteiger partial charge on any atom is -0.351 e. The molecule has 1 N–H and O–H groups in total. The molecule has 0 spiro atoms. The summed E-state index contributed by atoms with van der Waals surface area (Å²) in [4.78, 5) is 11.3. The van der Waals surface area contributed by atoms with Crippen molar-refractivity contribution in [2.75, 3.05) is 11.4 Å². The number of hydrogen-bond donors (Lipinski definition) is 1. The third kappa shape index (κ3) is 2.66. The smallest absolute Gasteiger partial charge is 0.147 e. The van der Waals surface area contributed by atoms with Gasteiger partial charge in [0.1, 0.15) is 5.82 Å². The molecule has 162 valence electrons. The van der Waals surface area contributed by atoms with Crippen LogP contribution in [0.25, 0.3) is 38.1 Å². The van der Waals surface area contributed by atoms with Crippen LogP contribution in [0.5, 0.6) is 0 Å². The molecule has 6 aromatic rings. The first kappa shape index (κ1) is 19.2. The van der Waals surface area contributed by atoms with Gasteiger partial charge in [0.05, 0.1) is 26.6 Å². The van der Waals surface area contributed by atoms with Gasteiger partial charge >= 0.3 is 0 Å². The average molecular weight is 472 g/mol. The highest BCUT2D eigenvalue weighted by atomic mass is 35.5. The molecule has 0 saturated heterocycles. The Morgan fingerprint density at radius 2 is 1.85 bits per heavy atom. The fraction of sp³-hybridized carbons (Fsp3) is 0.154. The molecule has 5 heterocycles. The number of aromatic nitrogens is 4. The summed E-state index contributed by atoms with van der Waals surface area (Å²) in [6, 6.07) is 14.7. The predicted octanol–water partition coefficient (Wildman–Crippen LogP) is 6.69. The molecule has 0 radical (unpaired) electrons. The quantitative estimate of drug-likeness (QED) is 0.271. The SMILES string of the molecule is Cc1cccc2c3c4ccnc4ccc3c3c4c([nH]n3c12)CCN(c1ncc(Cl)cc1Cl)C4. The van der Waals surface area contributed by atoms with Gasteiger partial charge < -0.3 is 4.90 Å². The molecular weight excluding hydrogens is 453 g/mol. The Hall–Kier alpha value is -3.28. The zero-order valence-electron chi connectivity index (χ0n) is 17.9. The highest BCUT2D eigenvalue weighted by Gasteiger charge is 2.26. The number of halogens is 2. The van der Waals surface area contributed by atoms with Crippen molar-refractivity contribution >= 4 is 67.1 Å². The number of rotatable bonds is 1. The molecule has 0 aliphatic carbocycles. The highest BCUT2D eigenvalue weighted by Crippen LogP contribution is 2.39. The van der Waals surface area contributed by atoms with E-state index >= 15 is 0 Å². The summed E-state index contributed by atoms with van der Waals surface area (Å²) in [5.74, 6) is 0.773. The highest BCUT2D eigenvalue weighted by molar-refractivity contribution is 6.36. The third-order valence-corrected chi connectivity index (χ3v) is 7.34. The van der Waals surface area contributed by atoms with E-state index in [0.29, 0.717) is 10.0 Å². The molecule has 4 aromatic heterocycles. The number of para-hydroxylation sites is 1. The molecule has 0 amide bonds. The van der Waals surface area contributed by atoms with Crippen LogP contribution in [-0.2, 0) is 13.0 Å². The maximum Gasteiger partial charge on any atom is 0.147 e. The van der Waals surface area contributed by atoms with Gasteiger partial charge in [-0.2, -0.15) is 0 Å². The van der Waals surface area contributed by atoms with Crippen molar-refractivity contribution in [2.24, 2.45) is 0 Å². The summed E-state index contributed by atoms with van der Waals surface area (Å²) in [5.41, 5.74) is 7.21. The molecule has 5 nitrogen and oxygen atoms in total. The monoisotopic (exact) mass is 471 g/mol. The van der Waals surface area contributed by atoms with Crippen LogP contribution >= 0.6 is 23.2 Å². The molecule has 0 saturated carbocycles. The third-order valence-electron chi connectivity index (χ3n) is 6.85. The Kier molecular flexibility index (Phi) is 3.99. The van der Waals surface area contributed by atoms with E-state index in [9.17, 15) is 0 Å². The van der Waals surface area contributed by atoms with Gasteiger partial charge in [-0.3, -0.25) is 14.6 Å². The first-order valence-electron chi connectivity index (χ1n) is 11.0. The van der Waals surface area contributed by atoms with Crippen molar-refractivity contribution in [1.82, 2.24) is 19.6 Å². The van der Waals surface area contributed by atoms with Crippen molar-refractivity contribution in [1.29, 1.82) is 0 Å². The standard InChI is InChI=1S/C26H19Cl2N5/c1-14-3-2-4-17-23-16-7-9-29-21(16)6-5-18(23)25-19-13-32(26-20(28)11-15(27)12-30-26)10-8-22(19)31-33(25)24(14)17/h2-7,9,11-12,31H,8,10,13H2,1H3. The van der Waals surface area contributed by atoms with Gasteiger partial charge in [0.15, 0.2) is 0 Å². The van der Waals surface area contributed by atoms with Crippen LogP contribution in [0.1, 0.15) is 16.8 Å². The van der Waals surface area contributed by atoms with Gasteiger partial charge in [-0.05, 0) is 36.8 Å². The zero-order chi connectivity index (χ0) is 22.3. The summed E-state index contributed by atoms with van der Waals surface area (Å²) in [5, 5.41) is 9.76. The van der Waals surface area contributed by atoms with Crippen LogP contribution in [0.15, 0.2) is 54.9 Å². The summed E-state index contributed by atoms with van der Waals surface area (Å²) >= 11 is 12.6. The Balaban J connectivity index is 1.57. The number of nitrogens with one attached hydrogen (secondary N) is 1. The number of H-pyrrole nitrogens is 1. The number of nitrogens with zero attached hydrogens (tertiary/aromatic N) is 4. The number of fused-ring (bicyclic) bond motifs is 10. The van der Waals surface area contributed by atoms with Crippen LogP contribution in [0.3, 0.4) is 0 Å². The molecule has 0 atom stereocenters. The van der Waals surface area contributed by atoms with E-state index in [1.165, 1.54) is 49.4 Å². The molecule has 7 heteroatoms. The van der Waals surface area contributed by atoms with Crippen molar-refractivity contribution in [2.45, 2.75) is 19.9 Å². The molecule has 0 fully saturated rings. The Bertz CT molecular complexity index is 1750. The van der Waals surface area contributed by atoms with E-state index in [1.807, 2.05) is 6.20 Å². The fourth-order valence-electron chi connectivity index (χ4n) is 5.43. The van der Waals surface area contributed by atoms with E-state index in [-0.39, 0.29) is 0 Å². The van der Waals surface area contributed by atoms with Gasteiger partial charge in [0.2, 0.25) is 0 Å². The van der Waals surface area contributed by atoms with Gasteiger partial charge in [0.25, 0.3) is 0 Å². The van der Waals surface area contributed by atoms with Crippen LogP contribution < -0.4 is 4.90 Å². The van der Waals surface area contributed by atoms with E-state index in [4.69, 9.17) is 23.2 Å². The molecule has 7 rings (SSSR count). The largest absolute Gasteiger partial charge is 0.351 e. The van der Waals surface area contributed by atoms with Gasteiger partial charge in [0, 0.05) is 64.7 Å². The van der Waals surface area contributed by atoms with E-state index in [0.717, 1.165) is 30.8 Å². The second-order valence-electron chi connectivity index (χ2n) is 8.72. The summed E-state index contributed by atoms with van der Waals surface area (Å²) in [7, 11) is 0. The van der Waals surface area contributed by atoms with Crippen molar-refractivity contribution < 1.29 is 0 Å². The number of pyridine rings is 2. The Morgan fingerprint density at radius 1 is 0.970 bits per heavy atom.